The first kappa shape index (κ1) is 38.9. The highest BCUT2D eigenvalue weighted by atomic mass is 16.4. The highest BCUT2D eigenvalue weighted by molar-refractivity contribution is 6.10. The number of benzene rings is 2. The molecule has 0 radical (unpaired) electrons. The summed E-state index contributed by atoms with van der Waals surface area (Å²) in [5, 5.41) is 1.28. The Labute approximate surface area is 299 Å². The third kappa shape index (κ3) is 11.1. The molecule has 0 fully saturated rings. The molecule has 0 aliphatic rings. The summed E-state index contributed by atoms with van der Waals surface area (Å²) in [6.45, 7) is 12.7. The van der Waals surface area contributed by atoms with Crippen molar-refractivity contribution in [1.82, 2.24) is 0 Å². The largest absolute Gasteiger partial charge is 0.422 e. The van der Waals surface area contributed by atoms with Gasteiger partial charge in [0.2, 0.25) is 5.78 Å². The Morgan fingerprint density at radius 2 is 0.820 bits per heavy atom. The lowest BCUT2D eigenvalue weighted by Gasteiger charge is -2.25. The monoisotopic (exact) mass is 684 g/mol. The maximum Gasteiger partial charge on any atom is 0.347 e. The van der Waals surface area contributed by atoms with Crippen LogP contribution in [0.4, 0.5) is 11.4 Å². The van der Waals surface area contributed by atoms with E-state index in [0.29, 0.717) is 21.9 Å². The average Bonchev–Trinajstić information content (AvgIpc) is 3.12. The summed E-state index contributed by atoms with van der Waals surface area (Å²) < 4.78 is 11.5. The smallest absolute Gasteiger partial charge is 0.347 e. The minimum atomic E-state index is -0.756. The van der Waals surface area contributed by atoms with Gasteiger partial charge in [-0.15, -0.1) is 0 Å². The van der Waals surface area contributed by atoms with Crippen LogP contribution in [0.15, 0.2) is 67.0 Å². The predicted molar refractivity (Wildman–Crippen MR) is 209 cm³/mol. The van der Waals surface area contributed by atoms with Crippen LogP contribution in [0.25, 0.3) is 21.9 Å². The summed E-state index contributed by atoms with van der Waals surface area (Å²) in [7, 11) is 0. The van der Waals surface area contributed by atoms with E-state index in [-0.39, 0.29) is 11.1 Å². The molecule has 50 heavy (non-hydrogen) atoms. The van der Waals surface area contributed by atoms with Crippen LogP contribution < -0.4 is 21.1 Å². The van der Waals surface area contributed by atoms with Gasteiger partial charge >= 0.3 is 11.3 Å². The van der Waals surface area contributed by atoms with Gasteiger partial charge in [-0.3, -0.25) is 4.79 Å². The lowest BCUT2D eigenvalue weighted by molar-refractivity contribution is 0.103. The highest BCUT2D eigenvalue weighted by Crippen LogP contribution is 2.26. The zero-order valence-electron chi connectivity index (χ0n) is 31.2. The second-order valence-corrected chi connectivity index (χ2v) is 13.9. The first-order valence-electron chi connectivity index (χ1n) is 19.6. The maximum atomic E-state index is 13.7. The number of rotatable bonds is 24. The number of ketones is 1. The minimum absolute atomic E-state index is 0.171. The molecule has 0 aliphatic carbocycles. The summed E-state index contributed by atoms with van der Waals surface area (Å²) >= 11 is 0. The fourth-order valence-corrected chi connectivity index (χ4v) is 6.71. The Balaban J connectivity index is 1.56. The van der Waals surface area contributed by atoms with E-state index in [1.165, 1.54) is 77.0 Å². The molecule has 0 atom stereocenters. The summed E-state index contributed by atoms with van der Waals surface area (Å²) in [6.07, 6.45) is 18.9. The molecule has 0 unspecified atom stereocenters. The van der Waals surface area contributed by atoms with Crippen molar-refractivity contribution in [2.75, 3.05) is 36.0 Å². The number of unbranched alkanes of at least 4 members (excludes halogenated alkanes) is 12. The SMILES string of the molecule is CCCCCCN(CCCCCC)c1ccc2cc(C(=O)c3cc4ccc(N(CCCCCC)CCCCCC)cc4oc3=O)c(=O)oc2c1. The van der Waals surface area contributed by atoms with E-state index in [1.54, 1.807) is 12.1 Å². The van der Waals surface area contributed by atoms with Crippen molar-refractivity contribution in [3.8, 4) is 0 Å². The molecule has 0 spiro atoms. The van der Waals surface area contributed by atoms with Gasteiger partial charge in [-0.1, -0.05) is 105 Å². The number of fused-ring (bicyclic) bond motifs is 2. The standard InChI is InChI=1S/C43H60N2O5/c1-5-9-13-17-25-44(26-18-14-10-6-2)35-23-21-33-29-37(42(47)49-39(33)31-35)41(46)38-30-34-22-24-36(32-40(34)50-43(38)48)45(27-19-15-11-7-3)28-20-16-12-8-4/h21-24,29-32H,5-20,25-28H2,1-4H3. The number of hydrogen-bond acceptors (Lipinski definition) is 7. The van der Waals surface area contributed by atoms with Crippen molar-refractivity contribution in [2.24, 2.45) is 0 Å². The molecule has 2 heterocycles. The molecular formula is C43H60N2O5. The molecule has 2 aromatic heterocycles. The molecule has 272 valence electrons. The molecule has 7 nitrogen and oxygen atoms in total. The van der Waals surface area contributed by atoms with E-state index in [9.17, 15) is 14.4 Å². The van der Waals surface area contributed by atoms with Crippen molar-refractivity contribution in [1.29, 1.82) is 0 Å². The van der Waals surface area contributed by atoms with E-state index in [2.05, 4.69) is 37.5 Å². The number of anilines is 2. The molecule has 0 aliphatic heterocycles. The van der Waals surface area contributed by atoms with E-state index in [4.69, 9.17) is 8.83 Å². The predicted octanol–water partition coefficient (Wildman–Crippen LogP) is 11.1. The zero-order valence-corrected chi connectivity index (χ0v) is 31.2. The molecule has 0 amide bonds. The van der Waals surface area contributed by atoms with Gasteiger partial charge in [0, 0.05) is 60.5 Å². The van der Waals surface area contributed by atoms with E-state index in [1.807, 2.05) is 36.4 Å². The second-order valence-electron chi connectivity index (χ2n) is 13.9. The van der Waals surface area contributed by atoms with Crippen LogP contribution in [0.1, 0.15) is 146 Å². The normalized spacial score (nSPS) is 11.4. The molecule has 7 heteroatoms. The summed E-state index contributed by atoms with van der Waals surface area (Å²) in [6, 6.07) is 14.8. The Morgan fingerprint density at radius 1 is 0.480 bits per heavy atom. The molecule has 0 saturated heterocycles. The molecule has 0 N–H and O–H groups in total. The van der Waals surface area contributed by atoms with Gasteiger partial charge in [-0.2, -0.15) is 0 Å². The topological polar surface area (TPSA) is 84.0 Å². The number of carbonyl (C=O) groups is 1. The lowest BCUT2D eigenvalue weighted by atomic mass is 10.0. The van der Waals surface area contributed by atoms with Crippen molar-refractivity contribution in [2.45, 2.75) is 130 Å². The summed E-state index contributed by atoms with van der Waals surface area (Å²) in [4.78, 5) is 44.9. The quantitative estimate of drug-likeness (QED) is 0.0412. The Hall–Kier alpha value is -3.87. The molecule has 0 bridgehead atoms. The lowest BCUT2D eigenvalue weighted by Crippen LogP contribution is -2.26. The molecule has 4 rings (SSSR count). The van der Waals surface area contributed by atoms with Gasteiger partial charge in [0.15, 0.2) is 0 Å². The first-order chi connectivity index (χ1) is 24.4. The molecule has 4 aromatic rings. The Kier molecular flexibility index (Phi) is 16.1. The molecule has 2 aromatic carbocycles. The van der Waals surface area contributed by atoms with Gasteiger partial charge in [0.05, 0.1) is 0 Å². The van der Waals surface area contributed by atoms with Gasteiger partial charge in [-0.25, -0.2) is 9.59 Å². The number of hydrogen-bond donors (Lipinski definition) is 0. The van der Waals surface area contributed by atoms with Crippen LogP contribution in [0.5, 0.6) is 0 Å². The summed E-state index contributed by atoms with van der Waals surface area (Å²) in [5.74, 6) is -0.689. The van der Waals surface area contributed by atoms with Crippen LogP contribution >= 0.6 is 0 Å². The van der Waals surface area contributed by atoms with Crippen molar-refractivity contribution >= 4 is 39.1 Å². The third-order valence-electron chi connectivity index (χ3n) is 9.78. The van der Waals surface area contributed by atoms with Crippen LogP contribution in [-0.2, 0) is 0 Å². The maximum absolute atomic E-state index is 13.7. The minimum Gasteiger partial charge on any atom is -0.422 e. The molecule has 0 saturated carbocycles. The fourth-order valence-electron chi connectivity index (χ4n) is 6.71. The van der Waals surface area contributed by atoms with Gasteiger partial charge < -0.3 is 18.6 Å². The van der Waals surface area contributed by atoms with Gasteiger partial charge in [-0.05, 0) is 62.1 Å². The fraction of sp³-hybridized carbons (Fsp3) is 0.558. The third-order valence-corrected chi connectivity index (χ3v) is 9.78. The van der Waals surface area contributed by atoms with E-state index >= 15 is 0 Å². The highest BCUT2D eigenvalue weighted by Gasteiger charge is 2.22. The van der Waals surface area contributed by atoms with Crippen molar-refractivity contribution in [3.05, 3.63) is 80.5 Å². The van der Waals surface area contributed by atoms with E-state index in [0.717, 1.165) is 63.2 Å². The van der Waals surface area contributed by atoms with Crippen LogP contribution in [0.3, 0.4) is 0 Å². The van der Waals surface area contributed by atoms with Crippen LogP contribution in [0, 0.1) is 0 Å². The molecular weight excluding hydrogens is 624 g/mol. The first-order valence-corrected chi connectivity index (χ1v) is 19.6. The zero-order chi connectivity index (χ0) is 35.7. The second kappa shape index (κ2) is 20.7. The van der Waals surface area contributed by atoms with Crippen LogP contribution in [-0.4, -0.2) is 32.0 Å². The van der Waals surface area contributed by atoms with Crippen molar-refractivity contribution < 1.29 is 13.6 Å². The summed E-state index contributed by atoms with van der Waals surface area (Å²) in [5.41, 5.74) is 1.05. The Bertz CT molecular complexity index is 1610. The number of carbonyl (C=O) groups excluding carboxylic acids is 1. The van der Waals surface area contributed by atoms with Crippen LogP contribution in [0.2, 0.25) is 0 Å². The van der Waals surface area contributed by atoms with Gasteiger partial charge in [0.1, 0.15) is 22.3 Å². The Morgan fingerprint density at radius 3 is 1.14 bits per heavy atom. The number of nitrogens with zero attached hydrogens (tertiary/aromatic N) is 2. The van der Waals surface area contributed by atoms with E-state index < -0.39 is 17.0 Å². The van der Waals surface area contributed by atoms with Crippen molar-refractivity contribution in [3.63, 3.8) is 0 Å². The van der Waals surface area contributed by atoms with Gasteiger partial charge in [0.25, 0.3) is 0 Å². The average molecular weight is 685 g/mol.